The lowest BCUT2D eigenvalue weighted by molar-refractivity contribution is -0.274. The van der Waals surface area contributed by atoms with Crippen molar-refractivity contribution < 1.29 is 23.0 Å². The number of rotatable bonds is 7. The number of pyridine rings is 1. The Bertz CT molecular complexity index is 1360. The third-order valence-electron chi connectivity index (χ3n) is 5.44. The van der Waals surface area contributed by atoms with E-state index in [0.717, 1.165) is 27.6 Å². The summed E-state index contributed by atoms with van der Waals surface area (Å²) in [4.78, 5) is 13.0. The number of aromatic nitrogens is 3. The van der Waals surface area contributed by atoms with E-state index in [1.165, 1.54) is 12.1 Å². The highest BCUT2D eigenvalue weighted by Crippen LogP contribution is 2.34. The van der Waals surface area contributed by atoms with Crippen molar-refractivity contribution in [3.05, 3.63) is 77.5 Å². The molecule has 2 aromatic carbocycles. The summed E-state index contributed by atoms with van der Waals surface area (Å²) in [7, 11) is 0. The van der Waals surface area contributed by atoms with Gasteiger partial charge in [-0.3, -0.25) is 4.98 Å². The summed E-state index contributed by atoms with van der Waals surface area (Å²) < 4.78 is 41.1. The lowest BCUT2D eigenvalue weighted by atomic mass is 10.0. The second-order valence-electron chi connectivity index (χ2n) is 9.01. The second kappa shape index (κ2) is 9.91. The van der Waals surface area contributed by atoms with Gasteiger partial charge in [-0.15, -0.1) is 13.2 Å². The molecular weight excluding hydrogens is 493 g/mol. The second-order valence-corrected chi connectivity index (χ2v) is 9.42. The Balaban J connectivity index is 1.56. The number of nitrogens with zero attached hydrogens (tertiary/aromatic N) is 3. The number of hydrogen-bond acceptors (Lipinski definition) is 6. The largest absolute Gasteiger partial charge is 0.573 e. The molecule has 0 saturated heterocycles. The van der Waals surface area contributed by atoms with Crippen molar-refractivity contribution in [3.63, 3.8) is 0 Å². The highest BCUT2D eigenvalue weighted by Gasteiger charge is 2.31. The van der Waals surface area contributed by atoms with E-state index >= 15 is 0 Å². The van der Waals surface area contributed by atoms with Crippen LogP contribution in [0.3, 0.4) is 0 Å². The molecule has 1 unspecified atom stereocenters. The summed E-state index contributed by atoms with van der Waals surface area (Å²) in [6.07, 6.45) is 0.697. The molecule has 0 saturated carbocycles. The normalized spacial score (nSPS) is 13.0. The topological polar surface area (TPSA) is 80.2 Å². The van der Waals surface area contributed by atoms with Crippen LogP contribution in [0.4, 0.5) is 18.9 Å². The SMILES string of the molecule is CC(Cc1ccc(OC(F)(F)F)cc1)Nc1c(Cl)cnc2ccc(-c3cnc(C(C)(C)O)nc3)cc12. The molecule has 4 rings (SSSR count). The first-order chi connectivity index (χ1) is 16.9. The zero-order chi connectivity index (χ0) is 26.1. The van der Waals surface area contributed by atoms with Crippen molar-refractivity contribution in [2.24, 2.45) is 0 Å². The lowest BCUT2D eigenvalue weighted by Crippen LogP contribution is -2.19. The minimum atomic E-state index is -4.72. The molecule has 2 aromatic heterocycles. The molecule has 0 radical (unpaired) electrons. The number of aliphatic hydroxyl groups is 1. The minimum Gasteiger partial charge on any atom is -0.406 e. The number of benzene rings is 2. The number of hydrogen-bond donors (Lipinski definition) is 2. The molecule has 0 aliphatic heterocycles. The Morgan fingerprint density at radius 1 is 0.972 bits per heavy atom. The average Bonchev–Trinajstić information content (AvgIpc) is 2.80. The van der Waals surface area contributed by atoms with Crippen LogP contribution in [0.15, 0.2) is 61.1 Å². The van der Waals surface area contributed by atoms with Crippen LogP contribution in [0.5, 0.6) is 5.75 Å². The van der Waals surface area contributed by atoms with Crippen molar-refractivity contribution in [2.45, 2.75) is 45.2 Å². The van der Waals surface area contributed by atoms with Crippen LogP contribution in [0.1, 0.15) is 32.2 Å². The quantitative estimate of drug-likeness (QED) is 0.291. The van der Waals surface area contributed by atoms with Crippen LogP contribution in [0.2, 0.25) is 5.02 Å². The summed E-state index contributed by atoms with van der Waals surface area (Å²) in [5.41, 5.74) is 2.75. The first kappa shape index (κ1) is 25.7. The van der Waals surface area contributed by atoms with Gasteiger partial charge in [-0.25, -0.2) is 9.97 Å². The van der Waals surface area contributed by atoms with Crippen molar-refractivity contribution in [1.82, 2.24) is 15.0 Å². The van der Waals surface area contributed by atoms with Crippen LogP contribution < -0.4 is 10.1 Å². The van der Waals surface area contributed by atoms with Crippen LogP contribution in [0, 0.1) is 0 Å². The smallest absolute Gasteiger partial charge is 0.406 e. The van der Waals surface area contributed by atoms with Gasteiger partial charge in [0, 0.05) is 35.6 Å². The van der Waals surface area contributed by atoms with E-state index < -0.39 is 12.0 Å². The fourth-order valence-corrected chi connectivity index (χ4v) is 3.97. The summed E-state index contributed by atoms with van der Waals surface area (Å²) >= 11 is 6.50. The minimum absolute atomic E-state index is 0.0967. The number of ether oxygens (including phenoxy) is 1. The molecule has 6 nitrogen and oxygen atoms in total. The molecular formula is C26H24ClF3N4O2. The van der Waals surface area contributed by atoms with E-state index in [9.17, 15) is 18.3 Å². The molecule has 0 aliphatic carbocycles. The van der Waals surface area contributed by atoms with E-state index in [2.05, 4.69) is 25.0 Å². The van der Waals surface area contributed by atoms with Crippen molar-refractivity contribution in [2.75, 3.05) is 5.32 Å². The molecule has 4 aromatic rings. The molecule has 0 bridgehead atoms. The maximum absolute atomic E-state index is 12.4. The Labute approximate surface area is 211 Å². The van der Waals surface area contributed by atoms with Gasteiger partial charge in [0.05, 0.1) is 16.2 Å². The van der Waals surface area contributed by atoms with Crippen LogP contribution in [0.25, 0.3) is 22.0 Å². The fourth-order valence-electron chi connectivity index (χ4n) is 3.77. The molecule has 1 atom stereocenters. The Hall–Kier alpha value is -3.43. The monoisotopic (exact) mass is 516 g/mol. The van der Waals surface area contributed by atoms with Gasteiger partial charge in [-0.1, -0.05) is 29.8 Å². The molecule has 10 heteroatoms. The van der Waals surface area contributed by atoms with Crippen molar-refractivity contribution in [3.8, 4) is 16.9 Å². The van der Waals surface area contributed by atoms with E-state index in [0.29, 0.717) is 23.0 Å². The molecule has 36 heavy (non-hydrogen) atoms. The van der Waals surface area contributed by atoms with E-state index in [4.69, 9.17) is 11.6 Å². The predicted octanol–water partition coefficient (Wildman–Crippen LogP) is 6.51. The number of nitrogens with one attached hydrogen (secondary N) is 1. The van der Waals surface area contributed by atoms with Gasteiger partial charge in [0.1, 0.15) is 11.4 Å². The van der Waals surface area contributed by atoms with Crippen molar-refractivity contribution in [1.29, 1.82) is 0 Å². The first-order valence-corrected chi connectivity index (χ1v) is 11.5. The maximum Gasteiger partial charge on any atom is 0.573 e. The number of halogens is 4. The Morgan fingerprint density at radius 2 is 1.64 bits per heavy atom. The van der Waals surface area contributed by atoms with Gasteiger partial charge in [0.25, 0.3) is 0 Å². The van der Waals surface area contributed by atoms with Crippen LogP contribution in [-0.4, -0.2) is 32.5 Å². The highest BCUT2D eigenvalue weighted by molar-refractivity contribution is 6.34. The first-order valence-electron chi connectivity index (χ1n) is 11.1. The average molecular weight is 517 g/mol. The van der Waals surface area contributed by atoms with Gasteiger partial charge in [0.2, 0.25) is 0 Å². The van der Waals surface area contributed by atoms with Crippen LogP contribution in [-0.2, 0) is 12.0 Å². The number of alkyl halides is 3. The van der Waals surface area contributed by atoms with E-state index in [1.54, 1.807) is 44.6 Å². The number of fused-ring (bicyclic) bond motifs is 1. The molecule has 2 N–H and O–H groups in total. The standard InChI is InChI=1S/C26H24ClF3N4O2/c1-15(10-16-4-7-19(8-5-16)36-26(28,29)30)34-23-20-11-17(6-9-22(20)31-14-21(23)27)18-12-32-24(33-13-18)25(2,3)35/h4-9,11-15,35H,10H2,1-3H3,(H,31,34). The van der Waals surface area contributed by atoms with Crippen molar-refractivity contribution >= 4 is 28.2 Å². The Kier molecular flexibility index (Phi) is 7.06. The zero-order valence-corrected chi connectivity index (χ0v) is 20.5. The van der Waals surface area contributed by atoms with Gasteiger partial charge in [-0.2, -0.15) is 0 Å². The predicted molar refractivity (Wildman–Crippen MR) is 133 cm³/mol. The zero-order valence-electron chi connectivity index (χ0n) is 19.8. The third-order valence-corrected chi connectivity index (χ3v) is 5.73. The highest BCUT2D eigenvalue weighted by atomic mass is 35.5. The summed E-state index contributed by atoms with van der Waals surface area (Å²) in [6, 6.07) is 11.4. The third kappa shape index (κ3) is 6.22. The van der Waals surface area contributed by atoms with E-state index in [1.807, 2.05) is 25.1 Å². The molecule has 0 fully saturated rings. The summed E-state index contributed by atoms with van der Waals surface area (Å²) in [5, 5.41) is 14.8. The van der Waals surface area contributed by atoms with Gasteiger partial charge in [0.15, 0.2) is 5.82 Å². The molecule has 188 valence electrons. The summed E-state index contributed by atoms with van der Waals surface area (Å²) in [6.45, 7) is 5.20. The fraction of sp³-hybridized carbons (Fsp3) is 0.269. The maximum atomic E-state index is 12.4. The summed E-state index contributed by atoms with van der Waals surface area (Å²) in [5.74, 6) is 0.0630. The molecule has 0 aliphatic rings. The van der Waals surface area contributed by atoms with E-state index in [-0.39, 0.29) is 11.8 Å². The molecule has 0 amide bonds. The van der Waals surface area contributed by atoms with Gasteiger partial charge in [-0.05, 0) is 62.6 Å². The molecule has 0 spiro atoms. The lowest BCUT2D eigenvalue weighted by Gasteiger charge is -2.19. The Morgan fingerprint density at radius 3 is 2.25 bits per heavy atom. The van der Waals surface area contributed by atoms with Gasteiger partial charge >= 0.3 is 6.36 Å². The van der Waals surface area contributed by atoms with Gasteiger partial charge < -0.3 is 15.2 Å². The molecule has 2 heterocycles. The number of anilines is 1. The van der Waals surface area contributed by atoms with Crippen LogP contribution >= 0.6 is 11.6 Å².